The first-order chi connectivity index (χ1) is 10.2. The number of fused-ring (bicyclic) bond motifs is 1. The van der Waals surface area contributed by atoms with Crippen LogP contribution in [0.3, 0.4) is 0 Å². The van der Waals surface area contributed by atoms with Gasteiger partial charge in [0.05, 0.1) is 11.9 Å². The van der Waals surface area contributed by atoms with Gasteiger partial charge in [0, 0.05) is 18.1 Å². The topological polar surface area (TPSA) is 78.1 Å². The molecule has 1 saturated heterocycles. The molecule has 1 atom stereocenters. The quantitative estimate of drug-likeness (QED) is 0.842. The highest BCUT2D eigenvalue weighted by Gasteiger charge is 2.32. The van der Waals surface area contributed by atoms with Crippen molar-refractivity contribution in [2.75, 3.05) is 11.9 Å². The summed E-state index contributed by atoms with van der Waals surface area (Å²) in [4.78, 5) is 32.9. The number of rotatable bonds is 3. The zero-order chi connectivity index (χ0) is 14.8. The fraction of sp³-hybridized carbons (Fsp3) is 0.267. The lowest BCUT2D eigenvalue weighted by atomic mass is 10.2. The van der Waals surface area contributed by atoms with Gasteiger partial charge in [0.2, 0.25) is 11.8 Å². The molecule has 3 heterocycles. The molecule has 3 rings (SSSR count). The maximum atomic E-state index is 12.3. The summed E-state index contributed by atoms with van der Waals surface area (Å²) < 4.78 is 0. The molecule has 0 saturated carbocycles. The van der Waals surface area contributed by atoms with Crippen molar-refractivity contribution in [3.8, 4) is 0 Å². The number of amides is 2. The van der Waals surface area contributed by atoms with Crippen LogP contribution in [0.4, 0.5) is 5.69 Å². The lowest BCUT2D eigenvalue weighted by Gasteiger charge is -2.22. The Hall–Kier alpha value is -2.63. The van der Waals surface area contributed by atoms with Crippen molar-refractivity contribution >= 4 is 28.5 Å². The minimum Gasteiger partial charge on any atom is -0.346 e. The number of nitrogens with zero attached hydrogens (tertiary/aromatic N) is 2. The Morgan fingerprint density at radius 2 is 2.38 bits per heavy atom. The third-order valence-corrected chi connectivity index (χ3v) is 3.68. The van der Waals surface area contributed by atoms with Crippen LogP contribution in [0, 0.1) is 0 Å². The first-order valence-electron chi connectivity index (χ1n) is 6.86. The number of pyridine rings is 1. The molecule has 1 aliphatic heterocycles. The van der Waals surface area contributed by atoms with Gasteiger partial charge in [-0.15, -0.1) is 0 Å². The Morgan fingerprint density at radius 1 is 1.52 bits per heavy atom. The molecule has 6 nitrogen and oxygen atoms in total. The number of carbonyl (C=O) groups is 2. The maximum absolute atomic E-state index is 12.3. The molecule has 1 unspecified atom stereocenters. The van der Waals surface area contributed by atoms with Crippen molar-refractivity contribution in [2.24, 2.45) is 0 Å². The number of anilines is 1. The Labute approximate surface area is 121 Å². The number of carbonyl (C=O) groups excluding carboxylic acids is 2. The summed E-state index contributed by atoms with van der Waals surface area (Å²) in [6.07, 6.45) is 6.15. The van der Waals surface area contributed by atoms with Crippen LogP contribution < -0.4 is 5.32 Å². The smallest absolute Gasteiger partial charge is 0.247 e. The van der Waals surface area contributed by atoms with Crippen LogP contribution in [-0.4, -0.2) is 39.3 Å². The molecule has 2 aromatic heterocycles. The van der Waals surface area contributed by atoms with Gasteiger partial charge in [-0.25, -0.2) is 4.98 Å². The van der Waals surface area contributed by atoms with Gasteiger partial charge in [-0.05, 0) is 31.1 Å². The number of hydrogen-bond acceptors (Lipinski definition) is 3. The second-order valence-corrected chi connectivity index (χ2v) is 5.02. The first kappa shape index (κ1) is 13.4. The standard InChI is InChI=1S/C15H16N4O2/c1-2-13(20)19-7-3-4-12(19)15(21)18-11-8-10-5-6-16-14(10)17-9-11/h2,5-6,8-9,12H,1,3-4,7H2,(H,16,17)(H,18,21). The van der Waals surface area contributed by atoms with E-state index in [1.165, 1.54) is 6.08 Å². The number of aromatic amines is 1. The summed E-state index contributed by atoms with van der Waals surface area (Å²) in [6, 6.07) is 3.31. The Kier molecular flexibility index (Phi) is 3.43. The SMILES string of the molecule is C=CC(=O)N1CCCC1C(=O)Nc1cnc2[nH]ccc2c1. The van der Waals surface area contributed by atoms with E-state index in [-0.39, 0.29) is 11.8 Å². The number of H-pyrrole nitrogens is 1. The lowest BCUT2D eigenvalue weighted by molar-refractivity contribution is -0.132. The average Bonchev–Trinajstić information content (AvgIpc) is 3.14. The van der Waals surface area contributed by atoms with Crippen LogP contribution >= 0.6 is 0 Å². The molecule has 0 bridgehead atoms. The van der Waals surface area contributed by atoms with E-state index in [9.17, 15) is 9.59 Å². The second-order valence-electron chi connectivity index (χ2n) is 5.02. The number of aromatic nitrogens is 2. The average molecular weight is 284 g/mol. The van der Waals surface area contributed by atoms with Gasteiger partial charge in [-0.1, -0.05) is 6.58 Å². The van der Waals surface area contributed by atoms with Gasteiger partial charge in [-0.2, -0.15) is 0 Å². The van der Waals surface area contributed by atoms with Crippen molar-refractivity contribution in [1.82, 2.24) is 14.9 Å². The zero-order valence-corrected chi connectivity index (χ0v) is 11.5. The van der Waals surface area contributed by atoms with Crippen LogP contribution in [0.15, 0.2) is 37.2 Å². The molecule has 0 spiro atoms. The fourth-order valence-electron chi connectivity index (χ4n) is 2.65. The van der Waals surface area contributed by atoms with Gasteiger partial charge in [0.1, 0.15) is 11.7 Å². The minimum atomic E-state index is -0.433. The number of hydrogen-bond donors (Lipinski definition) is 2. The predicted molar refractivity (Wildman–Crippen MR) is 79.7 cm³/mol. The number of nitrogens with one attached hydrogen (secondary N) is 2. The largest absolute Gasteiger partial charge is 0.346 e. The summed E-state index contributed by atoms with van der Waals surface area (Å²) in [5, 5.41) is 3.76. The minimum absolute atomic E-state index is 0.181. The monoisotopic (exact) mass is 284 g/mol. The maximum Gasteiger partial charge on any atom is 0.247 e. The van der Waals surface area contributed by atoms with Crippen LogP contribution in [0.25, 0.3) is 11.0 Å². The van der Waals surface area contributed by atoms with E-state index in [0.29, 0.717) is 18.7 Å². The molecule has 6 heteroatoms. The highest BCUT2D eigenvalue weighted by atomic mass is 16.2. The van der Waals surface area contributed by atoms with E-state index in [2.05, 4.69) is 21.9 Å². The van der Waals surface area contributed by atoms with Crippen molar-refractivity contribution in [2.45, 2.75) is 18.9 Å². The lowest BCUT2D eigenvalue weighted by Crippen LogP contribution is -2.42. The van der Waals surface area contributed by atoms with Crippen LogP contribution in [-0.2, 0) is 9.59 Å². The van der Waals surface area contributed by atoms with Crippen LogP contribution in [0.1, 0.15) is 12.8 Å². The second kappa shape index (κ2) is 5.40. The highest BCUT2D eigenvalue weighted by Crippen LogP contribution is 2.20. The summed E-state index contributed by atoms with van der Waals surface area (Å²) in [5.74, 6) is -0.383. The van der Waals surface area contributed by atoms with E-state index in [4.69, 9.17) is 0 Å². The molecule has 1 fully saturated rings. The molecule has 0 aliphatic carbocycles. The van der Waals surface area contributed by atoms with Gasteiger partial charge in [0.25, 0.3) is 0 Å². The Bertz CT molecular complexity index is 707. The molecule has 108 valence electrons. The molecule has 2 N–H and O–H groups in total. The zero-order valence-electron chi connectivity index (χ0n) is 11.5. The summed E-state index contributed by atoms with van der Waals surface area (Å²) in [5.41, 5.74) is 1.40. The molecule has 2 amide bonds. The molecular weight excluding hydrogens is 268 g/mol. The summed E-state index contributed by atoms with van der Waals surface area (Å²) >= 11 is 0. The van der Waals surface area contributed by atoms with Crippen LogP contribution in [0.5, 0.6) is 0 Å². The molecule has 0 aromatic carbocycles. The summed E-state index contributed by atoms with van der Waals surface area (Å²) in [7, 11) is 0. The van der Waals surface area contributed by atoms with Gasteiger partial charge in [0.15, 0.2) is 0 Å². The third kappa shape index (κ3) is 2.52. The van der Waals surface area contributed by atoms with E-state index < -0.39 is 6.04 Å². The Morgan fingerprint density at radius 3 is 3.19 bits per heavy atom. The fourth-order valence-corrected chi connectivity index (χ4v) is 2.65. The van der Waals surface area contributed by atoms with E-state index in [1.807, 2.05) is 12.1 Å². The Balaban J connectivity index is 1.75. The van der Waals surface area contributed by atoms with E-state index in [0.717, 1.165) is 17.5 Å². The normalized spacial score (nSPS) is 17.9. The highest BCUT2D eigenvalue weighted by molar-refractivity contribution is 6.00. The first-order valence-corrected chi connectivity index (χ1v) is 6.86. The van der Waals surface area contributed by atoms with Gasteiger partial charge >= 0.3 is 0 Å². The number of likely N-dealkylation sites (tertiary alicyclic amines) is 1. The van der Waals surface area contributed by atoms with E-state index >= 15 is 0 Å². The van der Waals surface area contributed by atoms with Gasteiger partial charge < -0.3 is 15.2 Å². The van der Waals surface area contributed by atoms with E-state index in [1.54, 1.807) is 17.3 Å². The molecule has 2 aromatic rings. The summed E-state index contributed by atoms with van der Waals surface area (Å²) in [6.45, 7) is 4.07. The van der Waals surface area contributed by atoms with Crippen molar-refractivity contribution in [3.05, 3.63) is 37.2 Å². The third-order valence-electron chi connectivity index (χ3n) is 3.68. The molecular formula is C15H16N4O2. The van der Waals surface area contributed by atoms with Crippen molar-refractivity contribution < 1.29 is 9.59 Å². The van der Waals surface area contributed by atoms with Gasteiger partial charge in [-0.3, -0.25) is 9.59 Å². The predicted octanol–water partition coefficient (Wildman–Crippen LogP) is 1.68. The molecule has 21 heavy (non-hydrogen) atoms. The van der Waals surface area contributed by atoms with Crippen molar-refractivity contribution in [1.29, 1.82) is 0 Å². The van der Waals surface area contributed by atoms with Crippen molar-refractivity contribution in [3.63, 3.8) is 0 Å². The van der Waals surface area contributed by atoms with Crippen LogP contribution in [0.2, 0.25) is 0 Å². The molecule has 1 aliphatic rings. The molecule has 0 radical (unpaired) electrons.